The Labute approximate surface area is 95.0 Å². The van der Waals surface area contributed by atoms with Gasteiger partial charge < -0.3 is 19.4 Å². The van der Waals surface area contributed by atoms with E-state index >= 15 is 0 Å². The molecule has 16 heavy (non-hydrogen) atoms. The molecule has 0 aromatic carbocycles. The summed E-state index contributed by atoms with van der Waals surface area (Å²) >= 11 is 0. The number of nitrogens with zero attached hydrogens (tertiary/aromatic N) is 3. The van der Waals surface area contributed by atoms with E-state index in [-0.39, 0.29) is 6.10 Å². The summed E-state index contributed by atoms with van der Waals surface area (Å²) in [6.07, 6.45) is 1.21. The summed E-state index contributed by atoms with van der Waals surface area (Å²) < 4.78 is 11.1. The van der Waals surface area contributed by atoms with Crippen molar-refractivity contribution < 1.29 is 9.15 Å². The standard InChI is InChI=1S/C10H18N4O2/c1-7-8(4-5-15-7)14(3)10-13-12-9(16-10)6-11-2/h7-8,11H,4-6H2,1-3H3. The number of ether oxygens (including phenoxy) is 1. The van der Waals surface area contributed by atoms with Crippen molar-refractivity contribution in [1.29, 1.82) is 0 Å². The number of hydrogen-bond acceptors (Lipinski definition) is 6. The fourth-order valence-electron chi connectivity index (χ4n) is 1.98. The van der Waals surface area contributed by atoms with Crippen LogP contribution in [0.1, 0.15) is 19.2 Å². The molecule has 2 unspecified atom stereocenters. The van der Waals surface area contributed by atoms with Gasteiger partial charge in [-0.25, -0.2) is 0 Å². The number of likely N-dealkylation sites (N-methyl/N-ethyl adjacent to an activating group) is 1. The highest BCUT2D eigenvalue weighted by Gasteiger charge is 2.30. The molecule has 1 aliphatic heterocycles. The minimum Gasteiger partial charge on any atom is -0.407 e. The van der Waals surface area contributed by atoms with E-state index < -0.39 is 0 Å². The van der Waals surface area contributed by atoms with E-state index in [1.54, 1.807) is 0 Å². The van der Waals surface area contributed by atoms with Crippen molar-refractivity contribution in [2.45, 2.75) is 32.0 Å². The molecule has 0 saturated carbocycles. The van der Waals surface area contributed by atoms with Crippen LogP contribution in [0.4, 0.5) is 6.01 Å². The quantitative estimate of drug-likeness (QED) is 0.802. The monoisotopic (exact) mass is 226 g/mol. The Bertz CT molecular complexity index is 341. The maximum atomic E-state index is 5.53. The highest BCUT2D eigenvalue weighted by Crippen LogP contribution is 2.23. The largest absolute Gasteiger partial charge is 0.407 e. The van der Waals surface area contributed by atoms with E-state index in [2.05, 4.69) is 22.4 Å². The van der Waals surface area contributed by atoms with Crippen molar-refractivity contribution in [3.63, 3.8) is 0 Å². The maximum absolute atomic E-state index is 5.53. The van der Waals surface area contributed by atoms with Gasteiger partial charge >= 0.3 is 6.01 Å². The zero-order chi connectivity index (χ0) is 11.5. The van der Waals surface area contributed by atoms with Crippen LogP contribution < -0.4 is 10.2 Å². The normalized spacial score (nSPS) is 24.9. The zero-order valence-corrected chi connectivity index (χ0v) is 9.93. The molecule has 6 heteroatoms. The van der Waals surface area contributed by atoms with Crippen molar-refractivity contribution in [2.75, 3.05) is 25.6 Å². The molecule has 90 valence electrons. The number of aromatic nitrogens is 2. The molecule has 0 amide bonds. The van der Waals surface area contributed by atoms with Gasteiger partial charge in [0, 0.05) is 13.7 Å². The summed E-state index contributed by atoms with van der Waals surface area (Å²) in [6, 6.07) is 0.885. The molecule has 1 fully saturated rings. The van der Waals surface area contributed by atoms with E-state index in [1.807, 2.05) is 19.0 Å². The lowest BCUT2D eigenvalue weighted by atomic mass is 10.1. The lowest BCUT2D eigenvalue weighted by Gasteiger charge is -2.24. The molecule has 6 nitrogen and oxygen atoms in total. The van der Waals surface area contributed by atoms with Crippen molar-refractivity contribution in [1.82, 2.24) is 15.5 Å². The Morgan fingerprint density at radius 1 is 1.50 bits per heavy atom. The highest BCUT2D eigenvalue weighted by atomic mass is 16.5. The lowest BCUT2D eigenvalue weighted by Crippen LogP contribution is -2.36. The van der Waals surface area contributed by atoms with Gasteiger partial charge in [0.25, 0.3) is 0 Å². The average molecular weight is 226 g/mol. The number of rotatable bonds is 4. The van der Waals surface area contributed by atoms with E-state index in [9.17, 15) is 0 Å². The first-order valence-electron chi connectivity index (χ1n) is 5.53. The number of anilines is 1. The van der Waals surface area contributed by atoms with Gasteiger partial charge in [-0.3, -0.25) is 0 Å². The number of nitrogens with one attached hydrogen (secondary N) is 1. The van der Waals surface area contributed by atoms with Gasteiger partial charge in [-0.05, 0) is 20.4 Å². The van der Waals surface area contributed by atoms with Gasteiger partial charge in [-0.15, -0.1) is 5.10 Å². The van der Waals surface area contributed by atoms with Gasteiger partial charge in [0.05, 0.1) is 18.7 Å². The Hall–Kier alpha value is -1.14. The predicted octanol–water partition coefficient (Wildman–Crippen LogP) is 0.403. The molecule has 2 heterocycles. The Morgan fingerprint density at radius 2 is 2.31 bits per heavy atom. The molecule has 1 aromatic rings. The molecule has 0 spiro atoms. The fraction of sp³-hybridized carbons (Fsp3) is 0.800. The minimum absolute atomic E-state index is 0.213. The van der Waals surface area contributed by atoms with Gasteiger partial charge in [-0.2, -0.15) is 0 Å². The first-order chi connectivity index (χ1) is 7.72. The van der Waals surface area contributed by atoms with Gasteiger partial charge in [0.2, 0.25) is 5.89 Å². The maximum Gasteiger partial charge on any atom is 0.318 e. The second kappa shape index (κ2) is 4.80. The smallest absolute Gasteiger partial charge is 0.318 e. The van der Waals surface area contributed by atoms with Gasteiger partial charge in [0.1, 0.15) is 0 Å². The highest BCUT2D eigenvalue weighted by molar-refractivity contribution is 5.25. The van der Waals surface area contributed by atoms with E-state index in [0.717, 1.165) is 13.0 Å². The summed E-state index contributed by atoms with van der Waals surface area (Å²) in [5, 5.41) is 11.0. The molecule has 2 rings (SSSR count). The van der Waals surface area contributed by atoms with Gasteiger partial charge in [0.15, 0.2) is 0 Å². The third-order valence-corrected chi connectivity index (χ3v) is 2.92. The molecule has 1 saturated heterocycles. The van der Waals surface area contributed by atoms with Crippen molar-refractivity contribution in [2.24, 2.45) is 0 Å². The van der Waals surface area contributed by atoms with Crippen LogP contribution in [-0.4, -0.2) is 43.0 Å². The topological polar surface area (TPSA) is 63.4 Å². The summed E-state index contributed by atoms with van der Waals surface area (Å²) in [7, 11) is 3.81. The second-order valence-corrected chi connectivity index (χ2v) is 4.05. The van der Waals surface area contributed by atoms with Crippen LogP contribution in [0.25, 0.3) is 0 Å². The molecule has 0 aliphatic carbocycles. The van der Waals surface area contributed by atoms with Crippen LogP contribution in [0.3, 0.4) is 0 Å². The molecule has 2 atom stereocenters. The van der Waals surface area contributed by atoms with Crippen LogP contribution in [0.15, 0.2) is 4.42 Å². The van der Waals surface area contributed by atoms with Crippen molar-refractivity contribution in [3.8, 4) is 0 Å². The number of hydrogen-bond donors (Lipinski definition) is 1. The van der Waals surface area contributed by atoms with E-state index in [4.69, 9.17) is 9.15 Å². The fourth-order valence-corrected chi connectivity index (χ4v) is 1.98. The third kappa shape index (κ3) is 2.17. The molecular weight excluding hydrogens is 208 g/mol. The minimum atomic E-state index is 0.213. The summed E-state index contributed by atoms with van der Waals surface area (Å²) in [5.74, 6) is 0.607. The predicted molar refractivity (Wildman–Crippen MR) is 59.3 cm³/mol. The van der Waals surface area contributed by atoms with Crippen LogP contribution in [0.2, 0.25) is 0 Å². The first kappa shape index (κ1) is 11.3. The Kier molecular flexibility index (Phi) is 3.40. The van der Waals surface area contributed by atoms with Crippen LogP contribution in [0, 0.1) is 0 Å². The van der Waals surface area contributed by atoms with Crippen LogP contribution >= 0.6 is 0 Å². The molecule has 1 N–H and O–H groups in total. The van der Waals surface area contributed by atoms with Crippen LogP contribution in [-0.2, 0) is 11.3 Å². The van der Waals surface area contributed by atoms with Crippen molar-refractivity contribution in [3.05, 3.63) is 5.89 Å². The zero-order valence-electron chi connectivity index (χ0n) is 9.93. The van der Waals surface area contributed by atoms with E-state index in [1.165, 1.54) is 0 Å². The summed E-state index contributed by atoms with van der Waals surface area (Å²) in [4.78, 5) is 2.00. The Morgan fingerprint density at radius 3 is 2.94 bits per heavy atom. The molecule has 1 aliphatic rings. The van der Waals surface area contributed by atoms with Crippen LogP contribution in [0.5, 0.6) is 0 Å². The first-order valence-corrected chi connectivity index (χ1v) is 5.53. The SMILES string of the molecule is CNCc1nnc(N(C)C2CCOC2C)o1. The molecule has 0 radical (unpaired) electrons. The molecule has 1 aromatic heterocycles. The molecule has 0 bridgehead atoms. The summed E-state index contributed by atoms with van der Waals surface area (Å²) in [6.45, 7) is 3.46. The lowest BCUT2D eigenvalue weighted by molar-refractivity contribution is 0.117. The molecular formula is C10H18N4O2. The average Bonchev–Trinajstić information content (AvgIpc) is 2.87. The summed E-state index contributed by atoms with van der Waals surface area (Å²) in [5.41, 5.74) is 0. The third-order valence-electron chi connectivity index (χ3n) is 2.92. The van der Waals surface area contributed by atoms with E-state index in [0.29, 0.717) is 24.5 Å². The second-order valence-electron chi connectivity index (χ2n) is 4.05. The Balaban J connectivity index is 2.04. The van der Waals surface area contributed by atoms with Gasteiger partial charge in [-0.1, -0.05) is 5.10 Å². The van der Waals surface area contributed by atoms with Crippen molar-refractivity contribution >= 4 is 6.01 Å².